The van der Waals surface area contributed by atoms with Crippen molar-refractivity contribution in [2.45, 2.75) is 13.8 Å². The minimum absolute atomic E-state index is 0.0541. The van der Waals surface area contributed by atoms with Gasteiger partial charge in [-0.1, -0.05) is 11.6 Å². The third kappa shape index (κ3) is 3.20. The van der Waals surface area contributed by atoms with Crippen LogP contribution < -0.4 is 4.72 Å². The zero-order valence-corrected chi connectivity index (χ0v) is 9.61. The molecule has 0 aliphatic rings. The van der Waals surface area contributed by atoms with Gasteiger partial charge in [0.05, 0.1) is 11.4 Å². The summed E-state index contributed by atoms with van der Waals surface area (Å²) < 4.78 is 24.9. The molecule has 0 fully saturated rings. The van der Waals surface area contributed by atoms with Crippen molar-refractivity contribution >= 4 is 27.3 Å². The normalized spacial score (nSPS) is 11.4. The lowest BCUT2D eigenvalue weighted by Gasteiger charge is -2.07. The van der Waals surface area contributed by atoms with Gasteiger partial charge in [-0.3, -0.25) is 4.72 Å². The van der Waals surface area contributed by atoms with Crippen molar-refractivity contribution in [2.75, 3.05) is 10.5 Å². The van der Waals surface area contributed by atoms with Gasteiger partial charge in [0, 0.05) is 5.02 Å². The Morgan fingerprint density at radius 2 is 2.00 bits per heavy atom. The molecule has 14 heavy (non-hydrogen) atoms. The Kier molecular flexibility index (Phi) is 3.39. The van der Waals surface area contributed by atoms with Crippen LogP contribution in [-0.4, -0.2) is 14.2 Å². The van der Waals surface area contributed by atoms with Crippen LogP contribution in [-0.2, 0) is 10.0 Å². The van der Waals surface area contributed by atoms with Crippen LogP contribution in [0.15, 0.2) is 18.2 Å². The Bertz CT molecular complexity index is 408. The molecule has 0 heterocycles. The van der Waals surface area contributed by atoms with Gasteiger partial charge in [-0.2, -0.15) is 0 Å². The van der Waals surface area contributed by atoms with Crippen molar-refractivity contribution in [2.24, 2.45) is 0 Å². The molecule has 0 unspecified atom stereocenters. The molecule has 1 N–H and O–H groups in total. The quantitative estimate of drug-likeness (QED) is 0.872. The van der Waals surface area contributed by atoms with E-state index in [-0.39, 0.29) is 5.75 Å². The largest absolute Gasteiger partial charge is 0.284 e. The van der Waals surface area contributed by atoms with Crippen LogP contribution in [0.1, 0.15) is 12.5 Å². The van der Waals surface area contributed by atoms with E-state index in [4.69, 9.17) is 11.6 Å². The molecule has 0 aromatic heterocycles. The first-order chi connectivity index (χ1) is 6.43. The number of aryl methyl sites for hydroxylation is 1. The van der Waals surface area contributed by atoms with Crippen molar-refractivity contribution in [3.8, 4) is 0 Å². The van der Waals surface area contributed by atoms with E-state index in [2.05, 4.69) is 4.72 Å². The highest BCUT2D eigenvalue weighted by Crippen LogP contribution is 2.19. The maximum atomic E-state index is 11.2. The number of rotatable bonds is 3. The van der Waals surface area contributed by atoms with Crippen LogP contribution in [0.25, 0.3) is 0 Å². The molecule has 5 heteroatoms. The van der Waals surface area contributed by atoms with Gasteiger partial charge in [-0.25, -0.2) is 8.42 Å². The van der Waals surface area contributed by atoms with E-state index in [1.807, 2.05) is 6.92 Å². The number of nitrogens with one attached hydrogen (secondary N) is 1. The molecule has 3 nitrogen and oxygen atoms in total. The first-order valence-electron chi connectivity index (χ1n) is 4.20. The Morgan fingerprint density at radius 3 is 2.50 bits per heavy atom. The molecule has 0 amide bonds. The van der Waals surface area contributed by atoms with Crippen molar-refractivity contribution in [1.29, 1.82) is 0 Å². The summed E-state index contributed by atoms with van der Waals surface area (Å²) in [5.41, 5.74) is 1.43. The van der Waals surface area contributed by atoms with Crippen molar-refractivity contribution in [3.05, 3.63) is 28.8 Å². The van der Waals surface area contributed by atoms with Gasteiger partial charge in [0.2, 0.25) is 10.0 Å². The summed E-state index contributed by atoms with van der Waals surface area (Å²) in [6, 6.07) is 5.09. The molecule has 0 aliphatic carbocycles. The Labute approximate surface area is 89.1 Å². The van der Waals surface area contributed by atoms with Crippen LogP contribution in [0.3, 0.4) is 0 Å². The predicted molar refractivity (Wildman–Crippen MR) is 59.3 cm³/mol. The molecule has 0 aliphatic heterocycles. The van der Waals surface area contributed by atoms with E-state index >= 15 is 0 Å². The van der Waals surface area contributed by atoms with Crippen LogP contribution in [0.5, 0.6) is 0 Å². The topological polar surface area (TPSA) is 46.2 Å². The van der Waals surface area contributed by atoms with Gasteiger partial charge in [0.15, 0.2) is 0 Å². The van der Waals surface area contributed by atoms with Gasteiger partial charge in [-0.15, -0.1) is 0 Å². The first kappa shape index (κ1) is 11.3. The second-order valence-corrected chi connectivity index (χ2v) is 5.47. The van der Waals surface area contributed by atoms with Gasteiger partial charge in [-0.05, 0) is 37.6 Å². The second-order valence-electron chi connectivity index (χ2n) is 3.02. The van der Waals surface area contributed by atoms with Gasteiger partial charge in [0.25, 0.3) is 0 Å². The molecule has 1 aromatic carbocycles. The van der Waals surface area contributed by atoms with Gasteiger partial charge >= 0.3 is 0 Å². The first-order valence-corrected chi connectivity index (χ1v) is 6.23. The monoisotopic (exact) mass is 233 g/mol. The zero-order valence-electron chi connectivity index (χ0n) is 8.04. The lowest BCUT2D eigenvalue weighted by Crippen LogP contribution is -2.14. The number of hydrogen-bond acceptors (Lipinski definition) is 2. The van der Waals surface area contributed by atoms with Crippen molar-refractivity contribution in [3.63, 3.8) is 0 Å². The second kappa shape index (κ2) is 4.19. The summed E-state index contributed by atoms with van der Waals surface area (Å²) in [6.45, 7) is 3.44. The molecule has 0 saturated heterocycles. The highest BCUT2D eigenvalue weighted by atomic mass is 35.5. The molecule has 0 saturated carbocycles. The van der Waals surface area contributed by atoms with Gasteiger partial charge in [0.1, 0.15) is 0 Å². The Morgan fingerprint density at radius 1 is 1.36 bits per heavy atom. The highest BCUT2D eigenvalue weighted by molar-refractivity contribution is 7.92. The van der Waals surface area contributed by atoms with E-state index in [9.17, 15) is 8.42 Å². The molecule has 1 rings (SSSR count). The molecular weight excluding hydrogens is 222 g/mol. The van der Waals surface area contributed by atoms with Gasteiger partial charge < -0.3 is 0 Å². The lowest BCUT2D eigenvalue weighted by atomic mass is 10.2. The highest BCUT2D eigenvalue weighted by Gasteiger charge is 2.06. The average molecular weight is 234 g/mol. The summed E-state index contributed by atoms with van der Waals surface area (Å²) in [5.74, 6) is 0.0541. The fourth-order valence-electron chi connectivity index (χ4n) is 1.05. The summed E-state index contributed by atoms with van der Waals surface area (Å²) in [7, 11) is -3.21. The van der Waals surface area contributed by atoms with E-state index in [0.717, 1.165) is 5.56 Å². The smallest absolute Gasteiger partial charge is 0.232 e. The minimum Gasteiger partial charge on any atom is -0.284 e. The van der Waals surface area contributed by atoms with E-state index in [0.29, 0.717) is 10.7 Å². The summed E-state index contributed by atoms with van der Waals surface area (Å²) in [5, 5.41) is 0.527. The van der Waals surface area contributed by atoms with Crippen molar-refractivity contribution in [1.82, 2.24) is 0 Å². The van der Waals surface area contributed by atoms with Crippen LogP contribution >= 0.6 is 11.6 Å². The molecule has 0 bridgehead atoms. The standard InChI is InChI=1S/C9H12ClNO2S/c1-3-14(12,13)11-9-5-7(2)4-8(10)6-9/h4-6,11H,3H2,1-2H3. The van der Waals surface area contributed by atoms with Crippen LogP contribution in [0.4, 0.5) is 5.69 Å². The molecule has 1 aromatic rings. The number of halogens is 1. The number of benzene rings is 1. The fourth-order valence-corrected chi connectivity index (χ4v) is 1.96. The molecule has 0 spiro atoms. The number of hydrogen-bond donors (Lipinski definition) is 1. The molecule has 0 atom stereocenters. The average Bonchev–Trinajstić information content (AvgIpc) is 2.01. The summed E-state index contributed by atoms with van der Waals surface area (Å²) in [4.78, 5) is 0. The fraction of sp³-hybridized carbons (Fsp3) is 0.333. The lowest BCUT2D eigenvalue weighted by molar-refractivity contribution is 0.602. The predicted octanol–water partition coefficient (Wildman–Crippen LogP) is 2.41. The Balaban J connectivity index is 2.98. The van der Waals surface area contributed by atoms with E-state index in [1.54, 1.807) is 25.1 Å². The Hall–Kier alpha value is -0.740. The third-order valence-electron chi connectivity index (χ3n) is 1.70. The molecule has 0 radical (unpaired) electrons. The maximum absolute atomic E-state index is 11.2. The maximum Gasteiger partial charge on any atom is 0.232 e. The van der Waals surface area contributed by atoms with E-state index in [1.165, 1.54) is 0 Å². The van der Waals surface area contributed by atoms with Crippen LogP contribution in [0, 0.1) is 6.92 Å². The SMILES string of the molecule is CCS(=O)(=O)Nc1cc(C)cc(Cl)c1. The van der Waals surface area contributed by atoms with E-state index < -0.39 is 10.0 Å². The van der Waals surface area contributed by atoms with Crippen molar-refractivity contribution < 1.29 is 8.42 Å². The minimum atomic E-state index is -3.21. The zero-order chi connectivity index (χ0) is 10.8. The number of sulfonamides is 1. The summed E-state index contributed by atoms with van der Waals surface area (Å²) in [6.07, 6.45) is 0. The third-order valence-corrected chi connectivity index (χ3v) is 3.22. The van der Waals surface area contributed by atoms with Crippen LogP contribution in [0.2, 0.25) is 5.02 Å². The molecular formula is C9H12ClNO2S. The molecule has 78 valence electrons. The summed E-state index contributed by atoms with van der Waals surface area (Å²) >= 11 is 5.79. The number of anilines is 1.